The molecule has 3 aromatic rings. The summed E-state index contributed by atoms with van der Waals surface area (Å²) in [5.41, 5.74) is 1.18. The lowest BCUT2D eigenvalue weighted by Gasteiger charge is -2.12. The highest BCUT2D eigenvalue weighted by Crippen LogP contribution is 2.24. The normalized spacial score (nSPS) is 10.7. The molecule has 0 atom stereocenters. The predicted molar refractivity (Wildman–Crippen MR) is 104 cm³/mol. The van der Waals surface area contributed by atoms with Crippen LogP contribution in [0.1, 0.15) is 25.5 Å². The molecule has 1 N–H and O–H groups in total. The molecule has 6 nitrogen and oxygen atoms in total. The maximum Gasteiger partial charge on any atom is 0.263 e. The molecule has 6 heteroatoms. The molecule has 0 unspecified atom stereocenters. The number of hydrogen-bond donors (Lipinski definition) is 1. The monoisotopic (exact) mass is 365 g/mol. The number of aryl methyl sites for hydroxylation is 1. The summed E-state index contributed by atoms with van der Waals surface area (Å²) in [6.45, 7) is 5.95. The molecule has 0 aliphatic rings. The van der Waals surface area contributed by atoms with E-state index >= 15 is 0 Å². The molecule has 0 aliphatic heterocycles. The van der Waals surface area contributed by atoms with E-state index in [1.54, 1.807) is 41.2 Å². The van der Waals surface area contributed by atoms with Gasteiger partial charge in [-0.25, -0.2) is 4.68 Å². The summed E-state index contributed by atoms with van der Waals surface area (Å²) in [6, 6.07) is 16.9. The zero-order chi connectivity index (χ0) is 19.2. The van der Waals surface area contributed by atoms with Crippen molar-refractivity contribution >= 4 is 11.7 Å². The fraction of sp³-hybridized carbons (Fsp3) is 0.238. The molecule has 1 aromatic heterocycles. The fourth-order valence-corrected chi connectivity index (χ4v) is 2.50. The van der Waals surface area contributed by atoms with Gasteiger partial charge >= 0.3 is 0 Å². The van der Waals surface area contributed by atoms with Gasteiger partial charge in [-0.2, -0.15) is 5.10 Å². The Kier molecular flexibility index (Phi) is 5.76. The zero-order valence-electron chi connectivity index (χ0n) is 15.7. The minimum atomic E-state index is -0.239. The lowest BCUT2D eigenvalue weighted by atomic mass is 10.2. The van der Waals surface area contributed by atoms with Crippen LogP contribution in [0.2, 0.25) is 0 Å². The fourth-order valence-electron chi connectivity index (χ4n) is 2.50. The Hall–Kier alpha value is -3.28. The van der Waals surface area contributed by atoms with Gasteiger partial charge in [-0.3, -0.25) is 4.79 Å². The van der Waals surface area contributed by atoms with Crippen LogP contribution in [0.25, 0.3) is 0 Å². The van der Waals surface area contributed by atoms with E-state index in [-0.39, 0.29) is 18.6 Å². The summed E-state index contributed by atoms with van der Waals surface area (Å²) < 4.78 is 13.1. The minimum Gasteiger partial charge on any atom is -0.484 e. The summed E-state index contributed by atoms with van der Waals surface area (Å²) in [6.07, 6.45) is 1.66. The highest BCUT2D eigenvalue weighted by Gasteiger charge is 2.10. The van der Waals surface area contributed by atoms with Crippen LogP contribution in [0.15, 0.2) is 60.8 Å². The van der Waals surface area contributed by atoms with Crippen LogP contribution in [0.5, 0.6) is 17.2 Å². The Morgan fingerprint density at radius 2 is 1.59 bits per heavy atom. The number of rotatable bonds is 7. The van der Waals surface area contributed by atoms with Crippen molar-refractivity contribution in [1.29, 1.82) is 0 Å². The molecule has 0 saturated heterocycles. The van der Waals surface area contributed by atoms with Crippen molar-refractivity contribution < 1.29 is 14.3 Å². The number of ether oxygens (including phenoxy) is 2. The molecule has 0 spiro atoms. The van der Waals surface area contributed by atoms with E-state index in [2.05, 4.69) is 10.4 Å². The zero-order valence-corrected chi connectivity index (χ0v) is 15.7. The number of aromatic nitrogens is 2. The van der Waals surface area contributed by atoms with Crippen molar-refractivity contribution in [3.05, 3.63) is 66.4 Å². The van der Waals surface area contributed by atoms with E-state index in [9.17, 15) is 4.79 Å². The van der Waals surface area contributed by atoms with E-state index in [1.165, 1.54) is 5.56 Å². The molecule has 1 heterocycles. The van der Waals surface area contributed by atoms with E-state index in [4.69, 9.17) is 9.47 Å². The Morgan fingerprint density at radius 3 is 2.22 bits per heavy atom. The van der Waals surface area contributed by atoms with Gasteiger partial charge in [0.1, 0.15) is 23.1 Å². The number of benzene rings is 2. The van der Waals surface area contributed by atoms with Gasteiger partial charge in [0.2, 0.25) is 0 Å². The molecule has 3 rings (SSSR count). The van der Waals surface area contributed by atoms with Crippen LogP contribution in [0.4, 0.5) is 5.82 Å². The van der Waals surface area contributed by atoms with Crippen LogP contribution in [0, 0.1) is 6.92 Å². The highest BCUT2D eigenvalue weighted by molar-refractivity contribution is 5.91. The third-order valence-electron chi connectivity index (χ3n) is 3.88. The second-order valence-electron chi connectivity index (χ2n) is 6.48. The van der Waals surface area contributed by atoms with Gasteiger partial charge in [0.05, 0.1) is 6.20 Å². The summed E-state index contributed by atoms with van der Waals surface area (Å²) in [5.74, 6) is 2.49. The maximum absolute atomic E-state index is 12.1. The predicted octanol–water partition coefficient (Wildman–Crippen LogP) is 4.58. The third kappa shape index (κ3) is 5.10. The van der Waals surface area contributed by atoms with Gasteiger partial charge < -0.3 is 14.8 Å². The Balaban J connectivity index is 1.51. The molecule has 27 heavy (non-hydrogen) atoms. The number of carbonyl (C=O) groups excluding carboxylic acids is 1. The minimum absolute atomic E-state index is 0.0819. The van der Waals surface area contributed by atoms with Crippen LogP contribution >= 0.6 is 0 Å². The first kappa shape index (κ1) is 18.5. The molecular formula is C21H23N3O3. The average molecular weight is 365 g/mol. The Morgan fingerprint density at radius 1 is 1.00 bits per heavy atom. The van der Waals surface area contributed by atoms with Crippen molar-refractivity contribution in [3.8, 4) is 17.2 Å². The van der Waals surface area contributed by atoms with Crippen molar-refractivity contribution in [3.63, 3.8) is 0 Å². The summed E-state index contributed by atoms with van der Waals surface area (Å²) in [7, 11) is 0. The van der Waals surface area contributed by atoms with E-state index < -0.39 is 0 Å². The second kappa shape index (κ2) is 8.40. The number of nitrogens with zero attached hydrogens (tertiary/aromatic N) is 2. The van der Waals surface area contributed by atoms with Gasteiger partial charge in [0.15, 0.2) is 6.61 Å². The van der Waals surface area contributed by atoms with Crippen molar-refractivity contribution in [1.82, 2.24) is 9.78 Å². The Labute approximate surface area is 158 Å². The molecule has 140 valence electrons. The average Bonchev–Trinajstić information content (AvgIpc) is 3.11. The summed E-state index contributed by atoms with van der Waals surface area (Å²) >= 11 is 0. The first-order valence-electron chi connectivity index (χ1n) is 8.82. The third-order valence-corrected chi connectivity index (χ3v) is 3.88. The lowest BCUT2D eigenvalue weighted by molar-refractivity contribution is -0.118. The largest absolute Gasteiger partial charge is 0.484 e. The lowest BCUT2D eigenvalue weighted by Crippen LogP contribution is -2.22. The number of carbonyl (C=O) groups is 1. The maximum atomic E-state index is 12.1. The number of anilines is 1. The van der Waals surface area contributed by atoms with Gasteiger partial charge in [-0.15, -0.1) is 0 Å². The van der Waals surface area contributed by atoms with E-state index in [0.717, 1.165) is 5.75 Å². The van der Waals surface area contributed by atoms with Crippen LogP contribution < -0.4 is 14.8 Å². The van der Waals surface area contributed by atoms with Crippen LogP contribution in [-0.2, 0) is 4.79 Å². The first-order valence-corrected chi connectivity index (χ1v) is 8.82. The SMILES string of the molecule is Cc1ccc(Oc2ccc(OCC(=O)Nc3ccnn3C(C)C)cc2)cc1. The number of amides is 1. The van der Waals surface area contributed by atoms with Gasteiger partial charge in [-0.05, 0) is 57.2 Å². The van der Waals surface area contributed by atoms with Crippen molar-refractivity contribution in [2.75, 3.05) is 11.9 Å². The topological polar surface area (TPSA) is 65.4 Å². The molecule has 1 amide bonds. The van der Waals surface area contributed by atoms with Crippen LogP contribution in [-0.4, -0.2) is 22.3 Å². The van der Waals surface area contributed by atoms with Crippen molar-refractivity contribution in [2.45, 2.75) is 26.8 Å². The number of nitrogens with one attached hydrogen (secondary N) is 1. The van der Waals surface area contributed by atoms with E-state index in [0.29, 0.717) is 17.3 Å². The van der Waals surface area contributed by atoms with Gasteiger partial charge in [0, 0.05) is 12.1 Å². The molecule has 0 saturated carbocycles. The molecular weight excluding hydrogens is 342 g/mol. The highest BCUT2D eigenvalue weighted by atomic mass is 16.5. The molecule has 2 aromatic carbocycles. The smallest absolute Gasteiger partial charge is 0.263 e. The quantitative estimate of drug-likeness (QED) is 0.665. The van der Waals surface area contributed by atoms with Crippen LogP contribution in [0.3, 0.4) is 0 Å². The summed E-state index contributed by atoms with van der Waals surface area (Å²) in [4.78, 5) is 12.1. The Bertz CT molecular complexity index is 884. The summed E-state index contributed by atoms with van der Waals surface area (Å²) in [5, 5.41) is 6.99. The standard InChI is InChI=1S/C21H23N3O3/c1-15(2)24-20(12-13-22-24)23-21(25)14-26-17-8-10-19(11-9-17)27-18-6-4-16(3)5-7-18/h4-13,15H,14H2,1-3H3,(H,23,25). The molecule has 0 radical (unpaired) electrons. The van der Waals surface area contributed by atoms with Crippen molar-refractivity contribution in [2.24, 2.45) is 0 Å². The molecule has 0 aliphatic carbocycles. The second-order valence-corrected chi connectivity index (χ2v) is 6.48. The van der Waals surface area contributed by atoms with E-state index in [1.807, 2.05) is 45.0 Å². The molecule has 0 bridgehead atoms. The van der Waals surface area contributed by atoms with Gasteiger partial charge in [-0.1, -0.05) is 17.7 Å². The first-order chi connectivity index (χ1) is 13.0. The molecule has 0 fully saturated rings. The number of hydrogen-bond acceptors (Lipinski definition) is 4. The van der Waals surface area contributed by atoms with Gasteiger partial charge in [0.25, 0.3) is 5.91 Å².